The first-order chi connectivity index (χ1) is 9.53. The molecule has 1 aromatic rings. The molecule has 1 aromatic carbocycles. The molecule has 3 heteroatoms. The first kappa shape index (κ1) is 15.9. The van der Waals surface area contributed by atoms with Crippen LogP contribution in [-0.2, 0) is 0 Å². The largest absolute Gasteiger partial charge is 0.309 e. The summed E-state index contributed by atoms with van der Waals surface area (Å²) in [6, 6.07) is 12.1. The van der Waals surface area contributed by atoms with E-state index in [1.165, 1.54) is 17.7 Å². The summed E-state index contributed by atoms with van der Waals surface area (Å²) in [5, 5.41) is 3.70. The Kier molecular flexibility index (Phi) is 5.53. The Bertz CT molecular complexity index is 405. The highest BCUT2D eigenvalue weighted by molar-refractivity contribution is 7.98. The van der Waals surface area contributed by atoms with Crippen LogP contribution < -0.4 is 5.32 Å². The number of rotatable bonds is 5. The second-order valence-corrected chi connectivity index (χ2v) is 7.48. The van der Waals surface area contributed by atoms with Gasteiger partial charge in [-0.25, -0.2) is 0 Å². The van der Waals surface area contributed by atoms with Crippen molar-refractivity contribution in [2.45, 2.75) is 44.8 Å². The number of benzene rings is 1. The molecule has 112 valence electrons. The van der Waals surface area contributed by atoms with Crippen LogP contribution in [0.1, 0.15) is 38.8 Å². The van der Waals surface area contributed by atoms with E-state index in [4.69, 9.17) is 0 Å². The van der Waals surface area contributed by atoms with Gasteiger partial charge in [-0.3, -0.25) is 4.90 Å². The molecule has 20 heavy (non-hydrogen) atoms. The third-order valence-corrected chi connectivity index (χ3v) is 4.89. The van der Waals surface area contributed by atoms with Crippen molar-refractivity contribution in [3.8, 4) is 0 Å². The number of hydrogen-bond acceptors (Lipinski definition) is 3. The number of nitrogens with one attached hydrogen (secondary N) is 1. The minimum atomic E-state index is 0.207. The fourth-order valence-electron chi connectivity index (χ4n) is 3.01. The van der Waals surface area contributed by atoms with Gasteiger partial charge in [0, 0.05) is 30.7 Å². The van der Waals surface area contributed by atoms with E-state index in [1.807, 2.05) is 11.8 Å². The van der Waals surface area contributed by atoms with Crippen molar-refractivity contribution >= 4 is 11.8 Å². The molecule has 1 aliphatic rings. The molecule has 0 radical (unpaired) electrons. The van der Waals surface area contributed by atoms with Crippen LogP contribution in [0.25, 0.3) is 0 Å². The zero-order chi connectivity index (χ0) is 14.6. The maximum atomic E-state index is 3.70. The summed E-state index contributed by atoms with van der Waals surface area (Å²) in [5.41, 5.74) is 1.64. The van der Waals surface area contributed by atoms with E-state index in [-0.39, 0.29) is 5.54 Å². The van der Waals surface area contributed by atoms with Gasteiger partial charge in [-0.1, -0.05) is 30.3 Å². The van der Waals surface area contributed by atoms with Gasteiger partial charge < -0.3 is 5.32 Å². The molecule has 2 rings (SSSR count). The zero-order valence-corrected chi connectivity index (χ0v) is 14.0. The number of piperazine rings is 1. The summed E-state index contributed by atoms with van der Waals surface area (Å²) in [7, 11) is 0. The highest BCUT2D eigenvalue weighted by Gasteiger charge is 2.35. The maximum Gasteiger partial charge on any atom is 0.0476 e. The Morgan fingerprint density at radius 3 is 2.70 bits per heavy atom. The summed E-state index contributed by atoms with van der Waals surface area (Å²) in [6.07, 6.45) is 3.46. The average molecular weight is 292 g/mol. The van der Waals surface area contributed by atoms with Crippen molar-refractivity contribution in [2.24, 2.45) is 0 Å². The molecule has 0 aliphatic carbocycles. The van der Waals surface area contributed by atoms with E-state index in [1.54, 1.807) is 0 Å². The first-order valence-electron chi connectivity index (χ1n) is 7.58. The van der Waals surface area contributed by atoms with Gasteiger partial charge in [-0.15, -0.1) is 0 Å². The molecule has 1 heterocycles. The van der Waals surface area contributed by atoms with E-state index in [9.17, 15) is 0 Å². The number of thioether (sulfide) groups is 1. The van der Waals surface area contributed by atoms with Crippen molar-refractivity contribution in [3.05, 3.63) is 35.9 Å². The van der Waals surface area contributed by atoms with Gasteiger partial charge in [-0.2, -0.15) is 11.8 Å². The standard InChI is InChI=1S/C17H28N2S/c1-14(10-11-20-4)19-13-17(2,3)18-12-16(19)15-8-6-5-7-9-15/h5-9,14,16,18H,10-13H2,1-4H3. The van der Waals surface area contributed by atoms with Crippen LogP contribution in [-0.4, -0.2) is 41.6 Å². The molecule has 0 bridgehead atoms. The van der Waals surface area contributed by atoms with E-state index in [0.717, 1.165) is 13.1 Å². The molecular weight excluding hydrogens is 264 g/mol. The van der Waals surface area contributed by atoms with Crippen molar-refractivity contribution < 1.29 is 0 Å². The van der Waals surface area contributed by atoms with Gasteiger partial charge in [0.15, 0.2) is 0 Å². The van der Waals surface area contributed by atoms with Crippen LogP contribution in [0.3, 0.4) is 0 Å². The SMILES string of the molecule is CSCCC(C)N1CC(C)(C)NCC1c1ccccc1. The Balaban J connectivity index is 2.16. The van der Waals surface area contributed by atoms with Crippen LogP contribution in [0.4, 0.5) is 0 Å². The Hall–Kier alpha value is -0.510. The molecule has 0 spiro atoms. The van der Waals surface area contributed by atoms with Gasteiger partial charge in [0.1, 0.15) is 0 Å². The van der Waals surface area contributed by atoms with Gasteiger partial charge in [0.05, 0.1) is 0 Å². The average Bonchev–Trinajstić information content (AvgIpc) is 2.44. The Morgan fingerprint density at radius 2 is 2.05 bits per heavy atom. The summed E-state index contributed by atoms with van der Waals surface area (Å²) >= 11 is 1.95. The normalized spacial score (nSPS) is 24.5. The predicted molar refractivity (Wildman–Crippen MR) is 90.4 cm³/mol. The van der Waals surface area contributed by atoms with Crippen molar-refractivity contribution in [3.63, 3.8) is 0 Å². The molecular formula is C17H28N2S. The van der Waals surface area contributed by atoms with Gasteiger partial charge in [0.25, 0.3) is 0 Å². The quantitative estimate of drug-likeness (QED) is 0.893. The molecule has 2 unspecified atom stereocenters. The minimum Gasteiger partial charge on any atom is -0.309 e. The van der Waals surface area contributed by atoms with Crippen LogP contribution in [0, 0.1) is 0 Å². The zero-order valence-electron chi connectivity index (χ0n) is 13.2. The van der Waals surface area contributed by atoms with Gasteiger partial charge in [0.2, 0.25) is 0 Å². The topological polar surface area (TPSA) is 15.3 Å². The summed E-state index contributed by atoms with van der Waals surface area (Å²) in [4.78, 5) is 2.70. The molecule has 1 aliphatic heterocycles. The number of hydrogen-bond donors (Lipinski definition) is 1. The molecule has 2 nitrogen and oxygen atoms in total. The van der Waals surface area contributed by atoms with E-state index in [0.29, 0.717) is 12.1 Å². The monoisotopic (exact) mass is 292 g/mol. The molecule has 0 amide bonds. The van der Waals surface area contributed by atoms with E-state index in [2.05, 4.69) is 67.6 Å². The smallest absolute Gasteiger partial charge is 0.0476 e. The predicted octanol–water partition coefficient (Wildman–Crippen LogP) is 3.55. The van der Waals surface area contributed by atoms with Crippen LogP contribution >= 0.6 is 11.8 Å². The second kappa shape index (κ2) is 6.97. The van der Waals surface area contributed by atoms with Crippen molar-refractivity contribution in [1.29, 1.82) is 0 Å². The van der Waals surface area contributed by atoms with E-state index >= 15 is 0 Å². The molecule has 2 atom stereocenters. The molecule has 0 aromatic heterocycles. The lowest BCUT2D eigenvalue weighted by Crippen LogP contribution is -2.60. The van der Waals surface area contributed by atoms with Crippen LogP contribution in [0.2, 0.25) is 0 Å². The first-order valence-corrected chi connectivity index (χ1v) is 8.97. The van der Waals surface area contributed by atoms with Crippen LogP contribution in [0.5, 0.6) is 0 Å². The molecule has 1 saturated heterocycles. The van der Waals surface area contributed by atoms with Crippen molar-refractivity contribution in [2.75, 3.05) is 25.1 Å². The summed E-state index contributed by atoms with van der Waals surface area (Å²) in [5.74, 6) is 1.24. The highest BCUT2D eigenvalue weighted by Crippen LogP contribution is 2.29. The summed E-state index contributed by atoms with van der Waals surface area (Å²) < 4.78 is 0. The van der Waals surface area contributed by atoms with Crippen LogP contribution in [0.15, 0.2) is 30.3 Å². The minimum absolute atomic E-state index is 0.207. The molecule has 1 fully saturated rings. The highest BCUT2D eigenvalue weighted by atomic mass is 32.2. The molecule has 0 saturated carbocycles. The lowest BCUT2D eigenvalue weighted by molar-refractivity contribution is 0.0588. The van der Waals surface area contributed by atoms with Gasteiger partial charge >= 0.3 is 0 Å². The fourth-order valence-corrected chi connectivity index (χ4v) is 3.59. The van der Waals surface area contributed by atoms with E-state index < -0.39 is 0 Å². The number of nitrogens with zero attached hydrogens (tertiary/aromatic N) is 1. The van der Waals surface area contributed by atoms with Crippen molar-refractivity contribution in [1.82, 2.24) is 10.2 Å². The second-order valence-electron chi connectivity index (χ2n) is 6.49. The Morgan fingerprint density at radius 1 is 1.35 bits per heavy atom. The van der Waals surface area contributed by atoms with Gasteiger partial charge in [-0.05, 0) is 44.8 Å². The lowest BCUT2D eigenvalue weighted by atomic mass is 9.93. The summed E-state index contributed by atoms with van der Waals surface area (Å²) in [6.45, 7) is 9.15. The lowest BCUT2D eigenvalue weighted by Gasteiger charge is -2.47. The fraction of sp³-hybridized carbons (Fsp3) is 0.647. The third-order valence-electron chi connectivity index (χ3n) is 4.24. The molecule has 1 N–H and O–H groups in total. The Labute approximate surface area is 128 Å². The maximum absolute atomic E-state index is 3.70. The third kappa shape index (κ3) is 4.00.